The molecular formula is C23H25N5OS. The first-order valence-corrected chi connectivity index (χ1v) is 11.0. The number of nitrogens with zero attached hydrogens (tertiary/aromatic N) is 4. The number of aryl methyl sites for hydroxylation is 2. The van der Waals surface area contributed by atoms with Crippen LogP contribution in [-0.2, 0) is 4.79 Å². The Hall–Kier alpha value is -3.06. The molecule has 1 N–H and O–H groups in total. The monoisotopic (exact) mass is 419 g/mol. The second-order valence-electron chi connectivity index (χ2n) is 7.51. The molecule has 6 nitrogen and oxygen atoms in total. The molecule has 1 saturated heterocycles. The molecule has 4 rings (SSSR count). The number of likely N-dealkylation sites (tertiary alicyclic amines) is 1. The molecule has 4 heterocycles. The van der Waals surface area contributed by atoms with Gasteiger partial charge in [-0.3, -0.25) is 4.79 Å². The maximum Gasteiger partial charge on any atom is 0.246 e. The molecule has 1 atom stereocenters. The molecule has 1 amide bonds. The van der Waals surface area contributed by atoms with Gasteiger partial charge in [0.25, 0.3) is 0 Å². The highest BCUT2D eigenvalue weighted by molar-refractivity contribution is 7.09. The Morgan fingerprint density at radius 1 is 1.23 bits per heavy atom. The number of rotatable bonds is 5. The van der Waals surface area contributed by atoms with Gasteiger partial charge in [-0.25, -0.2) is 15.0 Å². The van der Waals surface area contributed by atoms with Crippen molar-refractivity contribution in [3.63, 3.8) is 0 Å². The van der Waals surface area contributed by atoms with Gasteiger partial charge in [0.1, 0.15) is 11.6 Å². The van der Waals surface area contributed by atoms with E-state index in [-0.39, 0.29) is 5.91 Å². The lowest BCUT2D eigenvalue weighted by Gasteiger charge is -2.32. The quantitative estimate of drug-likeness (QED) is 0.606. The van der Waals surface area contributed by atoms with Crippen molar-refractivity contribution in [1.29, 1.82) is 0 Å². The van der Waals surface area contributed by atoms with Crippen molar-refractivity contribution in [2.45, 2.75) is 32.6 Å². The topological polar surface area (TPSA) is 71.0 Å². The van der Waals surface area contributed by atoms with Crippen LogP contribution >= 0.6 is 11.3 Å². The van der Waals surface area contributed by atoms with Gasteiger partial charge in [0.15, 0.2) is 0 Å². The summed E-state index contributed by atoms with van der Waals surface area (Å²) in [6.45, 7) is 5.43. The van der Waals surface area contributed by atoms with E-state index in [1.807, 2.05) is 54.6 Å². The summed E-state index contributed by atoms with van der Waals surface area (Å²) in [6.07, 6.45) is 7.31. The Labute approximate surface area is 180 Å². The lowest BCUT2D eigenvalue weighted by Crippen LogP contribution is -2.38. The number of pyridine rings is 2. The molecule has 7 heteroatoms. The summed E-state index contributed by atoms with van der Waals surface area (Å²) in [6, 6.07) is 9.97. The number of carbonyl (C=O) groups is 1. The molecule has 1 aliphatic heterocycles. The van der Waals surface area contributed by atoms with Gasteiger partial charge < -0.3 is 10.2 Å². The van der Waals surface area contributed by atoms with Crippen LogP contribution in [0.1, 0.15) is 40.7 Å². The molecule has 0 unspecified atom stereocenters. The van der Waals surface area contributed by atoms with Gasteiger partial charge in [0, 0.05) is 42.4 Å². The zero-order chi connectivity index (χ0) is 20.9. The van der Waals surface area contributed by atoms with Crippen LogP contribution in [0, 0.1) is 13.8 Å². The van der Waals surface area contributed by atoms with Crippen molar-refractivity contribution in [2.24, 2.45) is 0 Å². The maximum atomic E-state index is 12.7. The largest absolute Gasteiger partial charge is 0.339 e. The van der Waals surface area contributed by atoms with Crippen molar-refractivity contribution in [3.8, 4) is 0 Å². The minimum atomic E-state index is 0.0433. The highest BCUT2D eigenvalue weighted by Gasteiger charge is 2.24. The number of hydrogen-bond acceptors (Lipinski definition) is 6. The first kappa shape index (κ1) is 20.2. The third kappa shape index (κ3) is 5.10. The summed E-state index contributed by atoms with van der Waals surface area (Å²) in [7, 11) is 0. The number of amides is 1. The molecule has 154 valence electrons. The highest BCUT2D eigenvalue weighted by Crippen LogP contribution is 2.28. The van der Waals surface area contributed by atoms with Crippen LogP contribution in [0.15, 0.2) is 48.0 Å². The minimum absolute atomic E-state index is 0.0433. The zero-order valence-electron chi connectivity index (χ0n) is 17.2. The molecule has 3 aromatic rings. The van der Waals surface area contributed by atoms with Gasteiger partial charge in [-0.15, -0.1) is 11.3 Å². The van der Waals surface area contributed by atoms with Crippen molar-refractivity contribution in [3.05, 3.63) is 69.9 Å². The van der Waals surface area contributed by atoms with E-state index in [4.69, 9.17) is 0 Å². The number of nitrogens with one attached hydrogen (secondary N) is 1. The second kappa shape index (κ2) is 9.17. The Morgan fingerprint density at radius 2 is 2.13 bits per heavy atom. The van der Waals surface area contributed by atoms with Gasteiger partial charge in [-0.1, -0.05) is 6.07 Å². The Kier molecular flexibility index (Phi) is 6.18. The standard InChI is InChI=1S/C23H25N5OS/c1-16-5-3-7-21(25-16)27-22-13-18(10-11-24-22)19-6-4-12-28(14-19)23(29)9-8-20-15-30-17(2)26-20/h3,5,7-11,13,15,19H,4,6,12,14H2,1-2H3,(H,24,25,27)/b9-8+/t19-/m1/s1. The summed E-state index contributed by atoms with van der Waals surface area (Å²) in [5.41, 5.74) is 2.99. The summed E-state index contributed by atoms with van der Waals surface area (Å²) in [5.74, 6) is 1.89. The van der Waals surface area contributed by atoms with Gasteiger partial charge in [-0.05, 0) is 62.6 Å². The Balaban J connectivity index is 1.42. The summed E-state index contributed by atoms with van der Waals surface area (Å²) in [4.78, 5) is 27.9. The fraction of sp³-hybridized carbons (Fsp3) is 0.304. The minimum Gasteiger partial charge on any atom is -0.339 e. The highest BCUT2D eigenvalue weighted by atomic mass is 32.1. The van der Waals surface area contributed by atoms with Gasteiger partial charge >= 0.3 is 0 Å². The number of aromatic nitrogens is 3. The van der Waals surface area contributed by atoms with Crippen molar-refractivity contribution >= 4 is 35.0 Å². The molecule has 0 aliphatic carbocycles. The van der Waals surface area contributed by atoms with Crippen LogP contribution in [0.5, 0.6) is 0 Å². The fourth-order valence-electron chi connectivity index (χ4n) is 3.68. The average Bonchev–Trinajstić information content (AvgIpc) is 3.17. The predicted octanol–water partition coefficient (Wildman–Crippen LogP) is 4.71. The molecule has 3 aromatic heterocycles. The Bertz CT molecular complexity index is 1060. The normalized spacial score (nSPS) is 16.7. The van der Waals surface area contributed by atoms with Crippen LogP contribution < -0.4 is 5.32 Å². The van der Waals surface area contributed by atoms with E-state index in [0.29, 0.717) is 12.5 Å². The van der Waals surface area contributed by atoms with E-state index in [1.165, 1.54) is 5.56 Å². The molecule has 1 aliphatic rings. The summed E-state index contributed by atoms with van der Waals surface area (Å²) in [5, 5.41) is 6.25. The second-order valence-corrected chi connectivity index (χ2v) is 8.57. The van der Waals surface area contributed by atoms with Crippen LogP contribution in [-0.4, -0.2) is 38.8 Å². The third-order valence-corrected chi connectivity index (χ3v) is 5.96. The van der Waals surface area contributed by atoms with E-state index in [2.05, 4.69) is 26.3 Å². The third-order valence-electron chi connectivity index (χ3n) is 5.17. The zero-order valence-corrected chi connectivity index (χ0v) is 18.0. The lowest BCUT2D eigenvalue weighted by molar-refractivity contribution is -0.127. The Morgan fingerprint density at radius 3 is 2.93 bits per heavy atom. The van der Waals surface area contributed by atoms with Crippen LogP contribution in [0.25, 0.3) is 6.08 Å². The summed E-state index contributed by atoms with van der Waals surface area (Å²) >= 11 is 1.59. The average molecular weight is 420 g/mol. The van der Waals surface area contributed by atoms with Gasteiger partial charge in [0.05, 0.1) is 10.7 Å². The van der Waals surface area contributed by atoms with E-state index in [0.717, 1.165) is 47.4 Å². The van der Waals surface area contributed by atoms with Crippen molar-refractivity contribution in [2.75, 3.05) is 18.4 Å². The first-order chi connectivity index (χ1) is 14.6. The molecule has 0 aromatic carbocycles. The van der Waals surface area contributed by atoms with Crippen LogP contribution in [0.3, 0.4) is 0 Å². The van der Waals surface area contributed by atoms with E-state index in [1.54, 1.807) is 23.5 Å². The van der Waals surface area contributed by atoms with E-state index < -0.39 is 0 Å². The van der Waals surface area contributed by atoms with Crippen molar-refractivity contribution < 1.29 is 4.79 Å². The molecule has 30 heavy (non-hydrogen) atoms. The molecule has 1 fully saturated rings. The number of thiazole rings is 1. The van der Waals surface area contributed by atoms with Crippen LogP contribution in [0.2, 0.25) is 0 Å². The molecule has 0 spiro atoms. The first-order valence-electron chi connectivity index (χ1n) is 10.1. The van der Waals surface area contributed by atoms with Crippen molar-refractivity contribution in [1.82, 2.24) is 19.9 Å². The van der Waals surface area contributed by atoms with Gasteiger partial charge in [-0.2, -0.15) is 0 Å². The summed E-state index contributed by atoms with van der Waals surface area (Å²) < 4.78 is 0. The molecular weight excluding hydrogens is 394 g/mol. The number of piperidine rings is 1. The van der Waals surface area contributed by atoms with Crippen LogP contribution in [0.4, 0.5) is 11.6 Å². The number of carbonyl (C=O) groups excluding carboxylic acids is 1. The lowest BCUT2D eigenvalue weighted by atomic mass is 9.91. The smallest absolute Gasteiger partial charge is 0.246 e. The SMILES string of the molecule is Cc1cccc(Nc2cc([C@@H]3CCCN(C(=O)/C=C/c4csc(C)n4)C3)ccn2)n1. The number of anilines is 2. The molecule has 0 saturated carbocycles. The molecule has 0 bridgehead atoms. The van der Waals surface area contributed by atoms with E-state index in [9.17, 15) is 4.79 Å². The van der Waals surface area contributed by atoms with E-state index >= 15 is 0 Å². The van der Waals surface area contributed by atoms with Gasteiger partial charge in [0.2, 0.25) is 5.91 Å². The molecule has 0 radical (unpaired) electrons. The number of hydrogen-bond donors (Lipinski definition) is 1. The maximum absolute atomic E-state index is 12.7. The predicted molar refractivity (Wildman–Crippen MR) is 121 cm³/mol. The fourth-order valence-corrected chi connectivity index (χ4v) is 4.26.